The van der Waals surface area contributed by atoms with Crippen molar-refractivity contribution < 1.29 is 8.42 Å². The van der Waals surface area contributed by atoms with E-state index in [1.807, 2.05) is 0 Å². The van der Waals surface area contributed by atoms with E-state index in [0.717, 1.165) is 0 Å². The van der Waals surface area contributed by atoms with Gasteiger partial charge < -0.3 is 0 Å². The van der Waals surface area contributed by atoms with Crippen LogP contribution in [0, 0.1) is 0 Å². The molecule has 0 heterocycles. The lowest BCUT2D eigenvalue weighted by atomic mass is 11.3. The standard InChI is InChI=1S/C3H12N2O2SSi/c1-4(2)8(6,7)5(3)9/h1-3,9H3. The molecule has 0 aliphatic rings. The maximum atomic E-state index is 10.9. The number of hydrogen-bond donors (Lipinski definition) is 0. The summed E-state index contributed by atoms with van der Waals surface area (Å²) in [4.78, 5) is 0. The van der Waals surface area contributed by atoms with Crippen LogP contribution in [0.2, 0.25) is 0 Å². The zero-order chi connectivity index (χ0) is 7.65. The normalized spacial score (nSPS) is 13.4. The molecule has 0 bridgehead atoms. The highest BCUT2D eigenvalue weighted by Crippen LogP contribution is 1.94. The van der Waals surface area contributed by atoms with Crippen LogP contribution in [0.5, 0.6) is 0 Å². The van der Waals surface area contributed by atoms with Gasteiger partial charge in [-0.3, -0.25) is 0 Å². The summed E-state index contributed by atoms with van der Waals surface area (Å²) in [5.41, 5.74) is 0. The Balaban J connectivity index is 4.42. The van der Waals surface area contributed by atoms with Crippen molar-refractivity contribution in [3.05, 3.63) is 0 Å². The average Bonchev–Trinajstić information content (AvgIpc) is 1.65. The van der Waals surface area contributed by atoms with E-state index >= 15 is 0 Å². The average molecular weight is 168 g/mol. The van der Waals surface area contributed by atoms with Crippen molar-refractivity contribution in [1.82, 2.24) is 8.28 Å². The molecule has 0 amide bonds. The van der Waals surface area contributed by atoms with Gasteiger partial charge in [-0.05, 0) is 7.05 Å². The third-order valence-electron chi connectivity index (χ3n) is 0.923. The van der Waals surface area contributed by atoms with E-state index in [1.54, 1.807) is 7.05 Å². The topological polar surface area (TPSA) is 40.6 Å². The lowest BCUT2D eigenvalue weighted by Crippen LogP contribution is -2.35. The molecule has 6 heteroatoms. The van der Waals surface area contributed by atoms with Gasteiger partial charge in [0, 0.05) is 14.1 Å². The van der Waals surface area contributed by atoms with Gasteiger partial charge in [0.15, 0.2) is 0 Å². The molecular formula is C3H12N2O2SSi. The van der Waals surface area contributed by atoms with Crippen LogP contribution < -0.4 is 0 Å². The minimum absolute atomic E-state index is 0.529. The Bertz CT molecular complexity index is 160. The first kappa shape index (κ1) is 9.09. The van der Waals surface area contributed by atoms with Gasteiger partial charge in [0.05, 0.1) is 10.4 Å². The highest BCUT2D eigenvalue weighted by molar-refractivity contribution is 7.87. The maximum absolute atomic E-state index is 10.9. The van der Waals surface area contributed by atoms with Crippen molar-refractivity contribution in [3.63, 3.8) is 0 Å². The highest BCUT2D eigenvalue weighted by atomic mass is 32.2. The molecule has 56 valence electrons. The molecule has 4 nitrogen and oxygen atoms in total. The van der Waals surface area contributed by atoms with Crippen LogP contribution in [0.1, 0.15) is 0 Å². The summed E-state index contributed by atoms with van der Waals surface area (Å²) < 4.78 is 24.3. The fourth-order valence-corrected chi connectivity index (χ4v) is 1.96. The third-order valence-corrected chi connectivity index (χ3v) is 4.15. The van der Waals surface area contributed by atoms with Crippen LogP contribution in [0.15, 0.2) is 0 Å². The molecule has 0 radical (unpaired) electrons. The van der Waals surface area contributed by atoms with Gasteiger partial charge in [-0.1, -0.05) is 0 Å². The van der Waals surface area contributed by atoms with E-state index in [0.29, 0.717) is 10.4 Å². The van der Waals surface area contributed by atoms with Crippen molar-refractivity contribution in [1.29, 1.82) is 0 Å². The largest absolute Gasteiger partial charge is 0.274 e. The summed E-state index contributed by atoms with van der Waals surface area (Å²) in [5.74, 6) is 0. The SMILES string of the molecule is CN(C)S(=O)(=O)N(C)[SiH3]. The van der Waals surface area contributed by atoms with Crippen LogP contribution >= 0.6 is 0 Å². The lowest BCUT2D eigenvalue weighted by molar-refractivity contribution is 0.484. The van der Waals surface area contributed by atoms with Crippen molar-refractivity contribution in [2.45, 2.75) is 0 Å². The summed E-state index contributed by atoms with van der Waals surface area (Å²) >= 11 is 0. The van der Waals surface area contributed by atoms with Gasteiger partial charge in [-0.15, -0.1) is 0 Å². The van der Waals surface area contributed by atoms with E-state index in [2.05, 4.69) is 0 Å². The molecule has 0 aliphatic carbocycles. The zero-order valence-electron chi connectivity index (χ0n) is 6.12. The van der Waals surface area contributed by atoms with Gasteiger partial charge in [0.1, 0.15) is 0 Å². The van der Waals surface area contributed by atoms with Gasteiger partial charge >= 0.3 is 0 Å². The van der Waals surface area contributed by atoms with Gasteiger partial charge in [-0.25, -0.2) is 3.97 Å². The van der Waals surface area contributed by atoms with E-state index in [-0.39, 0.29) is 0 Å². The van der Waals surface area contributed by atoms with Crippen LogP contribution in [-0.2, 0) is 10.2 Å². The predicted molar refractivity (Wildman–Crippen MR) is 40.3 cm³/mol. The summed E-state index contributed by atoms with van der Waals surface area (Å²) in [6, 6.07) is 0. The molecule has 0 aliphatic heterocycles. The molecule has 0 aromatic carbocycles. The molecule has 0 aromatic heterocycles. The molecule has 0 unspecified atom stereocenters. The second-order valence-electron chi connectivity index (χ2n) is 2.07. The van der Waals surface area contributed by atoms with Crippen LogP contribution in [0.4, 0.5) is 0 Å². The molecular weight excluding hydrogens is 156 g/mol. The smallest absolute Gasteiger partial charge is 0.225 e. The highest BCUT2D eigenvalue weighted by Gasteiger charge is 2.14. The first-order chi connectivity index (χ1) is 3.89. The van der Waals surface area contributed by atoms with Gasteiger partial charge in [0.25, 0.3) is 10.2 Å². The van der Waals surface area contributed by atoms with Gasteiger partial charge in [0.2, 0.25) is 0 Å². The van der Waals surface area contributed by atoms with E-state index < -0.39 is 10.2 Å². The summed E-state index contributed by atoms with van der Waals surface area (Å²) in [7, 11) is 2.03. The summed E-state index contributed by atoms with van der Waals surface area (Å²) in [5, 5.41) is 0. The van der Waals surface area contributed by atoms with E-state index in [1.165, 1.54) is 22.4 Å². The van der Waals surface area contributed by atoms with Crippen LogP contribution in [-0.4, -0.2) is 48.2 Å². The molecule has 0 saturated carbocycles. The Labute approximate surface area is 59.1 Å². The van der Waals surface area contributed by atoms with E-state index in [4.69, 9.17) is 0 Å². The molecule has 0 rings (SSSR count). The third kappa shape index (κ3) is 2.05. The number of hydrogen-bond acceptors (Lipinski definition) is 2. The Morgan fingerprint density at radius 1 is 1.22 bits per heavy atom. The molecule has 9 heavy (non-hydrogen) atoms. The zero-order valence-corrected chi connectivity index (χ0v) is 8.94. The van der Waals surface area contributed by atoms with Crippen molar-refractivity contribution in [3.8, 4) is 0 Å². The number of nitrogens with zero attached hydrogens (tertiary/aromatic N) is 2. The second kappa shape index (κ2) is 2.78. The molecule has 0 spiro atoms. The Hall–Kier alpha value is 0.0869. The fourth-order valence-electron chi connectivity index (χ4n) is 0.327. The van der Waals surface area contributed by atoms with Crippen LogP contribution in [0.25, 0.3) is 0 Å². The predicted octanol–water partition coefficient (Wildman–Crippen LogP) is -1.99. The Kier molecular flexibility index (Phi) is 2.81. The van der Waals surface area contributed by atoms with Crippen LogP contribution in [0.3, 0.4) is 0 Å². The minimum Gasteiger partial charge on any atom is -0.225 e. The van der Waals surface area contributed by atoms with Crippen molar-refractivity contribution in [2.24, 2.45) is 0 Å². The van der Waals surface area contributed by atoms with Gasteiger partial charge in [-0.2, -0.15) is 12.7 Å². The minimum atomic E-state index is -3.09. The molecule has 0 N–H and O–H groups in total. The Morgan fingerprint density at radius 3 is 1.56 bits per heavy atom. The molecule has 0 saturated heterocycles. The fraction of sp³-hybridized carbons (Fsp3) is 1.00. The number of rotatable bonds is 2. The maximum Gasteiger partial charge on any atom is 0.274 e. The first-order valence-electron chi connectivity index (χ1n) is 2.49. The Morgan fingerprint density at radius 2 is 1.56 bits per heavy atom. The second-order valence-corrected chi connectivity index (χ2v) is 6.42. The van der Waals surface area contributed by atoms with Crippen molar-refractivity contribution >= 4 is 20.6 Å². The molecule has 0 aromatic rings. The van der Waals surface area contributed by atoms with Crippen molar-refractivity contribution in [2.75, 3.05) is 21.1 Å². The lowest BCUT2D eigenvalue weighted by Gasteiger charge is -2.16. The molecule has 0 atom stereocenters. The summed E-state index contributed by atoms with van der Waals surface area (Å²) in [6.45, 7) is 0. The van der Waals surface area contributed by atoms with E-state index in [9.17, 15) is 8.42 Å². The first-order valence-corrected chi connectivity index (χ1v) is 4.78. The summed E-state index contributed by atoms with van der Waals surface area (Å²) in [6.07, 6.45) is 0. The monoisotopic (exact) mass is 168 g/mol. The molecule has 0 fully saturated rings. The quantitative estimate of drug-likeness (QED) is 0.448.